The summed E-state index contributed by atoms with van der Waals surface area (Å²) < 4.78 is 70.0. The highest BCUT2D eigenvalue weighted by Gasteiger charge is 2.48. The molecule has 1 fully saturated rings. The second kappa shape index (κ2) is 11.7. The van der Waals surface area contributed by atoms with Crippen LogP contribution < -0.4 is 11.3 Å². The van der Waals surface area contributed by atoms with Crippen LogP contribution in [0.15, 0.2) is 23.6 Å². The molecule has 41 heavy (non-hydrogen) atoms. The average Bonchev–Trinajstić information content (AvgIpc) is 3.57. The van der Waals surface area contributed by atoms with E-state index in [0.29, 0.717) is 11.2 Å². The molecule has 0 amide bonds. The van der Waals surface area contributed by atoms with Crippen LogP contribution in [0.1, 0.15) is 19.0 Å². The van der Waals surface area contributed by atoms with E-state index in [2.05, 4.69) is 54.4 Å². The summed E-state index contributed by atoms with van der Waals surface area (Å²) in [4.78, 5) is 35.1. The van der Waals surface area contributed by atoms with Crippen molar-refractivity contribution >= 4 is 66.4 Å². The van der Waals surface area contributed by atoms with E-state index in [4.69, 9.17) is 28.6 Å². The zero-order chi connectivity index (χ0) is 29.5. The number of halogens is 1. The van der Waals surface area contributed by atoms with Gasteiger partial charge in [-0.3, -0.25) is 27.9 Å². The molecule has 5 rings (SSSR count). The molecule has 3 N–H and O–H groups in total. The second-order valence-corrected chi connectivity index (χ2v) is 14.6. The standard InChI is InChI=1S/C19H24FN9O8P2S2/c1-9-12(20)14(18(36-9)29-8-24-13-16(29)26-19(21)27-17(13)30)37-39(32,41)35-6-11-25-10-5-22-7-23-15(10)28(11)3-4-34-38(31,40)33-2/h5,7-9,12,14,18H,3-4,6H2,1-2H3,(H,31,40)(H,32,41)(H3,21,26,27,30)/t9-,12-,14-,18-,38?,39?/m1/s1. The topological polar surface area (TPSA) is 213 Å². The third kappa shape index (κ3) is 6.35. The van der Waals surface area contributed by atoms with Crippen LogP contribution in [-0.4, -0.2) is 71.1 Å². The first-order chi connectivity index (χ1) is 19.4. The number of nitrogens with one attached hydrogen (secondary N) is 1. The number of thiol groups is 2. The molecule has 22 heteroatoms. The number of rotatable bonds is 11. The van der Waals surface area contributed by atoms with Crippen LogP contribution in [0.25, 0.3) is 22.3 Å². The van der Waals surface area contributed by atoms with Crippen LogP contribution in [0.5, 0.6) is 0 Å². The van der Waals surface area contributed by atoms with Crippen LogP contribution in [0.3, 0.4) is 0 Å². The molecule has 1 saturated heterocycles. The molecule has 0 aromatic carbocycles. The van der Waals surface area contributed by atoms with E-state index < -0.39 is 50.4 Å². The van der Waals surface area contributed by atoms with Crippen molar-refractivity contribution in [3.05, 3.63) is 35.0 Å². The number of aromatic nitrogens is 8. The molecule has 4 aromatic rings. The van der Waals surface area contributed by atoms with E-state index in [1.807, 2.05) is 0 Å². The van der Waals surface area contributed by atoms with E-state index >= 15 is 4.39 Å². The van der Waals surface area contributed by atoms with Gasteiger partial charge in [-0.2, -0.15) is 4.98 Å². The Morgan fingerprint density at radius 1 is 1.20 bits per heavy atom. The number of nitrogens with two attached hydrogens (primary N) is 1. The van der Waals surface area contributed by atoms with Crippen molar-refractivity contribution in [3.8, 4) is 0 Å². The lowest BCUT2D eigenvalue weighted by Gasteiger charge is -2.24. The molecule has 0 radical (unpaired) electrons. The van der Waals surface area contributed by atoms with Crippen LogP contribution >= 0.6 is 38.1 Å². The first-order valence-electron chi connectivity index (χ1n) is 11.7. The Hall–Kier alpha value is -2.41. The van der Waals surface area contributed by atoms with Gasteiger partial charge in [0.25, 0.3) is 5.56 Å². The third-order valence-corrected chi connectivity index (χ3v) is 9.42. The third-order valence-electron chi connectivity index (χ3n) is 6.02. The van der Waals surface area contributed by atoms with Gasteiger partial charge in [0.2, 0.25) is 5.95 Å². The van der Waals surface area contributed by atoms with Gasteiger partial charge in [-0.05, 0) is 6.92 Å². The lowest BCUT2D eigenvalue weighted by atomic mass is 10.2. The molecule has 0 bridgehead atoms. The molecule has 2 unspecified atom stereocenters. The fourth-order valence-corrected chi connectivity index (χ4v) is 6.18. The number of nitrogens with zero attached hydrogens (tertiary/aromatic N) is 7. The molecule has 17 nitrogen and oxygen atoms in total. The number of imidazole rings is 2. The van der Waals surface area contributed by atoms with Gasteiger partial charge in [-0.1, -0.05) is 24.5 Å². The highest BCUT2D eigenvalue weighted by atomic mass is 32.7. The van der Waals surface area contributed by atoms with Crippen molar-refractivity contribution in [3.63, 3.8) is 0 Å². The number of aromatic amines is 1. The van der Waals surface area contributed by atoms with Crippen molar-refractivity contribution in [2.45, 2.75) is 44.7 Å². The van der Waals surface area contributed by atoms with Gasteiger partial charge in [-0.15, -0.1) is 0 Å². The SMILES string of the molecule is COP(=O)(S)OCCn1c(COP(=O)(S)O[C@@H]2[C@H](F)[C@@H](C)O[C@H]2n2cnc3c(=O)[nH]c(N)nc32)nc2cncnc21. The Balaban J connectivity index is 1.35. The van der Waals surface area contributed by atoms with Crippen molar-refractivity contribution in [1.82, 2.24) is 39.0 Å². The Kier molecular flexibility index (Phi) is 8.58. The van der Waals surface area contributed by atoms with Gasteiger partial charge in [0, 0.05) is 13.7 Å². The molecule has 1 aliphatic heterocycles. The summed E-state index contributed by atoms with van der Waals surface area (Å²) in [6.45, 7) is -6.80. The number of hydrogen-bond donors (Lipinski definition) is 4. The van der Waals surface area contributed by atoms with Crippen molar-refractivity contribution in [1.29, 1.82) is 0 Å². The maximum absolute atomic E-state index is 15.3. The molecular weight excluding hydrogens is 627 g/mol. The van der Waals surface area contributed by atoms with E-state index in [9.17, 15) is 13.9 Å². The van der Waals surface area contributed by atoms with Gasteiger partial charge in [0.15, 0.2) is 29.2 Å². The molecule has 222 valence electrons. The fraction of sp³-hybridized carbons (Fsp3) is 0.474. The number of H-pyrrole nitrogens is 1. The van der Waals surface area contributed by atoms with Crippen LogP contribution in [0.4, 0.5) is 10.3 Å². The van der Waals surface area contributed by atoms with Gasteiger partial charge in [-0.25, -0.2) is 33.5 Å². The summed E-state index contributed by atoms with van der Waals surface area (Å²) in [5, 5.41) is 0. The fourth-order valence-electron chi connectivity index (χ4n) is 4.15. The highest BCUT2D eigenvalue weighted by Crippen LogP contribution is 2.57. The molecule has 5 heterocycles. The summed E-state index contributed by atoms with van der Waals surface area (Å²) in [5.41, 5.74) is 5.78. The van der Waals surface area contributed by atoms with E-state index in [1.165, 1.54) is 37.5 Å². The van der Waals surface area contributed by atoms with Gasteiger partial charge < -0.3 is 19.6 Å². The van der Waals surface area contributed by atoms with Crippen molar-refractivity contribution in [2.24, 2.45) is 0 Å². The minimum absolute atomic E-state index is 0.0114. The zero-order valence-corrected chi connectivity index (χ0v) is 24.9. The molecule has 1 aliphatic rings. The summed E-state index contributed by atoms with van der Waals surface area (Å²) in [6.07, 6.45) is -1.53. The first kappa shape index (κ1) is 30.1. The predicted molar refractivity (Wildman–Crippen MR) is 148 cm³/mol. The monoisotopic (exact) mass is 651 g/mol. The van der Waals surface area contributed by atoms with E-state index in [1.54, 1.807) is 4.57 Å². The minimum atomic E-state index is -4.28. The number of fused-ring (bicyclic) bond motifs is 2. The maximum atomic E-state index is 15.3. The summed E-state index contributed by atoms with van der Waals surface area (Å²) in [5.74, 6) is 0.0300. The van der Waals surface area contributed by atoms with Crippen molar-refractivity contribution in [2.75, 3.05) is 19.5 Å². The van der Waals surface area contributed by atoms with Gasteiger partial charge in [0.05, 0.1) is 25.2 Å². The quantitative estimate of drug-likeness (QED) is 0.135. The molecule has 4 aromatic heterocycles. The molecule has 0 spiro atoms. The number of ether oxygens (including phenoxy) is 1. The average molecular weight is 652 g/mol. The summed E-state index contributed by atoms with van der Waals surface area (Å²) in [6, 6.07) is 0. The Morgan fingerprint density at radius 2 is 1.98 bits per heavy atom. The Bertz CT molecular complexity index is 1740. The lowest BCUT2D eigenvalue weighted by molar-refractivity contribution is -0.0251. The molecular formula is C19H24FN9O8P2S2. The van der Waals surface area contributed by atoms with E-state index in [0.717, 1.165) is 0 Å². The summed E-state index contributed by atoms with van der Waals surface area (Å²) in [7, 11) is 1.20. The number of anilines is 1. The van der Waals surface area contributed by atoms with Gasteiger partial charge in [0.1, 0.15) is 30.4 Å². The van der Waals surface area contributed by atoms with Crippen LogP contribution in [0, 0.1) is 0 Å². The van der Waals surface area contributed by atoms with Crippen LogP contribution in [0.2, 0.25) is 0 Å². The largest absolute Gasteiger partial charge is 0.387 e. The maximum Gasteiger partial charge on any atom is 0.387 e. The molecule has 0 aliphatic carbocycles. The number of nitrogen functional groups attached to an aromatic ring is 1. The Morgan fingerprint density at radius 3 is 2.73 bits per heavy atom. The minimum Gasteiger partial charge on any atom is -0.369 e. The summed E-state index contributed by atoms with van der Waals surface area (Å²) >= 11 is 7.87. The Labute approximate surface area is 240 Å². The number of hydrogen-bond acceptors (Lipinski definition) is 14. The molecule has 0 saturated carbocycles. The predicted octanol–water partition coefficient (Wildman–Crippen LogP) is 2.44. The second-order valence-electron chi connectivity index (χ2n) is 8.66. The smallest absolute Gasteiger partial charge is 0.369 e. The van der Waals surface area contributed by atoms with Crippen molar-refractivity contribution < 1.29 is 36.4 Å². The highest BCUT2D eigenvalue weighted by molar-refractivity contribution is 8.44. The lowest BCUT2D eigenvalue weighted by Crippen LogP contribution is -2.29. The number of alkyl halides is 1. The zero-order valence-electron chi connectivity index (χ0n) is 21.3. The van der Waals surface area contributed by atoms with E-state index in [-0.39, 0.29) is 36.1 Å². The van der Waals surface area contributed by atoms with Gasteiger partial charge >= 0.3 is 13.6 Å². The normalized spacial score (nSPS) is 24.1. The molecule has 6 atom stereocenters. The first-order valence-corrected chi connectivity index (χ1v) is 17.1. The van der Waals surface area contributed by atoms with Crippen LogP contribution in [-0.2, 0) is 45.1 Å².